The number of carbonyl (C=O) groups excluding carboxylic acids is 3. The van der Waals surface area contributed by atoms with Crippen molar-refractivity contribution in [1.82, 2.24) is 0 Å². The molecule has 0 saturated heterocycles. The first-order valence-corrected chi connectivity index (χ1v) is 7.54. The van der Waals surface area contributed by atoms with Crippen LogP contribution in [0.4, 0.5) is 5.69 Å². The van der Waals surface area contributed by atoms with Crippen LogP contribution in [0, 0.1) is 0 Å². The van der Waals surface area contributed by atoms with Crippen molar-refractivity contribution in [2.75, 3.05) is 5.32 Å². The van der Waals surface area contributed by atoms with Crippen LogP contribution < -0.4 is 5.32 Å². The van der Waals surface area contributed by atoms with Crippen LogP contribution in [0.15, 0.2) is 41.0 Å². The number of halogens is 2. The highest BCUT2D eigenvalue weighted by Crippen LogP contribution is 2.25. The second kappa shape index (κ2) is 7.94. The summed E-state index contributed by atoms with van der Waals surface area (Å²) in [6, 6.07) is 7.73. The molecule has 2 rings (SSSR count). The van der Waals surface area contributed by atoms with E-state index in [4.69, 9.17) is 27.6 Å². The minimum atomic E-state index is -0.402. The Hall–Kier alpha value is -2.11. The van der Waals surface area contributed by atoms with Crippen molar-refractivity contribution in [2.45, 2.75) is 19.3 Å². The maximum absolute atomic E-state index is 11.8. The van der Waals surface area contributed by atoms with Crippen molar-refractivity contribution in [2.24, 2.45) is 0 Å². The molecule has 5 nitrogen and oxygen atoms in total. The van der Waals surface area contributed by atoms with Gasteiger partial charge in [0, 0.05) is 17.9 Å². The molecule has 1 aromatic heterocycles. The standard InChI is InChI=1S/C16H13Cl2NO4/c17-10-3-5-13(12(18)8-10)19-16(22)6-4-11(20)9-14(21)15-2-1-7-23-15/h1-3,5,7-8H,4,6,9H2,(H,19,22). The van der Waals surface area contributed by atoms with Crippen LogP contribution in [0.2, 0.25) is 10.0 Å². The zero-order valence-electron chi connectivity index (χ0n) is 12.0. The van der Waals surface area contributed by atoms with Crippen LogP contribution in [0.5, 0.6) is 0 Å². The highest BCUT2D eigenvalue weighted by atomic mass is 35.5. The Labute approximate surface area is 142 Å². The number of Topliss-reactive ketones (excluding diaryl/α,β-unsaturated/α-hetero) is 2. The Kier molecular flexibility index (Phi) is 5.96. The van der Waals surface area contributed by atoms with E-state index in [1.165, 1.54) is 18.4 Å². The Morgan fingerprint density at radius 2 is 1.87 bits per heavy atom. The first-order valence-electron chi connectivity index (χ1n) is 6.79. The molecule has 1 aromatic carbocycles. The van der Waals surface area contributed by atoms with Crippen molar-refractivity contribution >= 4 is 46.4 Å². The van der Waals surface area contributed by atoms with Crippen molar-refractivity contribution in [3.63, 3.8) is 0 Å². The van der Waals surface area contributed by atoms with Gasteiger partial charge in [-0.2, -0.15) is 0 Å². The number of rotatable bonds is 7. The molecule has 0 atom stereocenters. The number of nitrogens with one attached hydrogen (secondary N) is 1. The molecule has 0 aliphatic rings. The predicted octanol–water partition coefficient (Wildman–Crippen LogP) is 4.15. The van der Waals surface area contributed by atoms with Gasteiger partial charge >= 0.3 is 0 Å². The van der Waals surface area contributed by atoms with E-state index in [2.05, 4.69) is 5.32 Å². The fraction of sp³-hybridized carbons (Fsp3) is 0.188. The third-order valence-corrected chi connectivity index (χ3v) is 3.54. The minimum Gasteiger partial charge on any atom is -0.461 e. The Bertz CT molecular complexity index is 726. The average molecular weight is 354 g/mol. The van der Waals surface area contributed by atoms with Crippen molar-refractivity contribution in [3.05, 3.63) is 52.4 Å². The van der Waals surface area contributed by atoms with E-state index in [-0.39, 0.29) is 36.7 Å². The van der Waals surface area contributed by atoms with Gasteiger partial charge in [0.25, 0.3) is 0 Å². The van der Waals surface area contributed by atoms with Gasteiger partial charge in [0.05, 0.1) is 23.4 Å². The lowest BCUT2D eigenvalue weighted by atomic mass is 10.1. The lowest BCUT2D eigenvalue weighted by Gasteiger charge is -2.07. The smallest absolute Gasteiger partial charge is 0.224 e. The summed E-state index contributed by atoms with van der Waals surface area (Å²) in [5.74, 6) is -0.964. The van der Waals surface area contributed by atoms with E-state index in [0.29, 0.717) is 15.7 Å². The lowest BCUT2D eigenvalue weighted by Crippen LogP contribution is -2.15. The van der Waals surface area contributed by atoms with Crippen LogP contribution in [-0.4, -0.2) is 17.5 Å². The summed E-state index contributed by atoms with van der Waals surface area (Å²) in [7, 11) is 0. The Balaban J connectivity index is 1.79. The number of hydrogen-bond acceptors (Lipinski definition) is 4. The minimum absolute atomic E-state index is 0.0382. The van der Waals surface area contributed by atoms with E-state index >= 15 is 0 Å². The molecular weight excluding hydrogens is 341 g/mol. The summed E-state index contributed by atoms with van der Waals surface area (Å²) in [6.45, 7) is 0. The Morgan fingerprint density at radius 3 is 2.52 bits per heavy atom. The van der Waals surface area contributed by atoms with Gasteiger partial charge in [-0.1, -0.05) is 23.2 Å². The molecule has 2 aromatic rings. The van der Waals surface area contributed by atoms with E-state index in [1.807, 2.05) is 0 Å². The summed E-state index contributed by atoms with van der Waals surface area (Å²) in [5.41, 5.74) is 0.417. The zero-order chi connectivity index (χ0) is 16.8. The molecule has 120 valence electrons. The summed E-state index contributed by atoms with van der Waals surface area (Å²) < 4.78 is 4.92. The van der Waals surface area contributed by atoms with Crippen LogP contribution in [0.25, 0.3) is 0 Å². The molecular formula is C16H13Cl2NO4. The normalized spacial score (nSPS) is 10.3. The number of ketones is 2. The lowest BCUT2D eigenvalue weighted by molar-refractivity contribution is -0.122. The van der Waals surface area contributed by atoms with Gasteiger partial charge in [-0.15, -0.1) is 0 Å². The zero-order valence-corrected chi connectivity index (χ0v) is 13.5. The maximum atomic E-state index is 11.8. The molecule has 0 saturated carbocycles. The largest absolute Gasteiger partial charge is 0.461 e. The summed E-state index contributed by atoms with van der Waals surface area (Å²) in [4.78, 5) is 35.2. The predicted molar refractivity (Wildman–Crippen MR) is 87.0 cm³/mol. The molecule has 0 aliphatic carbocycles. The van der Waals surface area contributed by atoms with Gasteiger partial charge in [-0.25, -0.2) is 0 Å². The molecule has 1 N–H and O–H groups in total. The third-order valence-electron chi connectivity index (χ3n) is 2.99. The van der Waals surface area contributed by atoms with Gasteiger partial charge in [-0.05, 0) is 30.3 Å². The van der Waals surface area contributed by atoms with Crippen LogP contribution in [-0.2, 0) is 9.59 Å². The second-order valence-electron chi connectivity index (χ2n) is 4.79. The van der Waals surface area contributed by atoms with Gasteiger partial charge < -0.3 is 9.73 Å². The third kappa shape index (κ3) is 5.23. The topological polar surface area (TPSA) is 76.4 Å². The molecule has 0 fully saturated rings. The average Bonchev–Trinajstić information content (AvgIpc) is 3.02. The molecule has 0 aliphatic heterocycles. The highest BCUT2D eigenvalue weighted by Gasteiger charge is 2.15. The number of carbonyl (C=O) groups is 3. The molecule has 0 unspecified atom stereocenters. The van der Waals surface area contributed by atoms with E-state index in [9.17, 15) is 14.4 Å². The van der Waals surface area contributed by atoms with Gasteiger partial charge in [0.2, 0.25) is 11.7 Å². The fourth-order valence-corrected chi connectivity index (χ4v) is 2.30. The molecule has 7 heteroatoms. The highest BCUT2D eigenvalue weighted by molar-refractivity contribution is 6.36. The first kappa shape index (κ1) is 17.2. The molecule has 0 bridgehead atoms. The SMILES string of the molecule is O=C(CCC(=O)Nc1ccc(Cl)cc1Cl)CC(=O)c1ccco1. The molecule has 1 amide bonds. The number of amides is 1. The number of benzene rings is 1. The first-order chi connectivity index (χ1) is 11.0. The van der Waals surface area contributed by atoms with Gasteiger partial charge in [0.1, 0.15) is 5.78 Å². The van der Waals surface area contributed by atoms with Crippen LogP contribution in [0.3, 0.4) is 0 Å². The van der Waals surface area contributed by atoms with E-state index in [1.54, 1.807) is 18.2 Å². The summed E-state index contributed by atoms with van der Waals surface area (Å²) in [6.07, 6.45) is 0.996. The number of anilines is 1. The van der Waals surface area contributed by atoms with Crippen LogP contribution >= 0.6 is 23.2 Å². The van der Waals surface area contributed by atoms with Crippen molar-refractivity contribution in [1.29, 1.82) is 0 Å². The van der Waals surface area contributed by atoms with Gasteiger partial charge in [-0.3, -0.25) is 14.4 Å². The quantitative estimate of drug-likeness (QED) is 0.599. The van der Waals surface area contributed by atoms with E-state index in [0.717, 1.165) is 0 Å². The number of hydrogen-bond donors (Lipinski definition) is 1. The summed E-state index contributed by atoms with van der Waals surface area (Å²) >= 11 is 11.7. The van der Waals surface area contributed by atoms with Crippen LogP contribution in [0.1, 0.15) is 29.8 Å². The molecule has 1 heterocycles. The van der Waals surface area contributed by atoms with E-state index < -0.39 is 5.78 Å². The summed E-state index contributed by atoms with van der Waals surface area (Å²) in [5, 5.41) is 3.36. The van der Waals surface area contributed by atoms with Crippen molar-refractivity contribution < 1.29 is 18.8 Å². The molecule has 0 spiro atoms. The monoisotopic (exact) mass is 353 g/mol. The van der Waals surface area contributed by atoms with Gasteiger partial charge in [0.15, 0.2) is 5.76 Å². The molecule has 23 heavy (non-hydrogen) atoms. The Morgan fingerprint density at radius 1 is 1.09 bits per heavy atom. The fourth-order valence-electron chi connectivity index (χ4n) is 1.85. The molecule has 0 radical (unpaired) electrons. The van der Waals surface area contributed by atoms with Crippen molar-refractivity contribution in [3.8, 4) is 0 Å². The second-order valence-corrected chi connectivity index (χ2v) is 5.63. The maximum Gasteiger partial charge on any atom is 0.224 e. The number of furan rings is 1.